The second kappa shape index (κ2) is 6.19. The Balaban J connectivity index is 1.86. The first-order valence-electron chi connectivity index (χ1n) is 7.67. The lowest BCUT2D eigenvalue weighted by Crippen LogP contribution is -2.30. The van der Waals surface area contributed by atoms with E-state index in [1.807, 2.05) is 19.1 Å². The van der Waals surface area contributed by atoms with Crippen molar-refractivity contribution in [2.45, 2.75) is 19.9 Å². The van der Waals surface area contributed by atoms with Gasteiger partial charge in [0.1, 0.15) is 17.3 Å². The molecule has 0 fully saturated rings. The Kier molecular flexibility index (Phi) is 3.97. The quantitative estimate of drug-likeness (QED) is 0.687. The number of furan rings is 1. The van der Waals surface area contributed by atoms with Gasteiger partial charge >= 0.3 is 0 Å². The molecule has 0 saturated heterocycles. The normalized spacial score (nSPS) is 17.4. The van der Waals surface area contributed by atoms with Crippen LogP contribution in [-0.2, 0) is 4.79 Å². The summed E-state index contributed by atoms with van der Waals surface area (Å²) in [6.45, 7) is 3.65. The predicted octanol–water partition coefficient (Wildman–Crippen LogP) is 3.59. The molecular formula is C17H13N3O4S2. The number of carbonyl (C=O) groups excluding carboxylic acids is 2. The van der Waals surface area contributed by atoms with Crippen molar-refractivity contribution in [1.82, 2.24) is 10.2 Å². The average molecular weight is 387 g/mol. The molecule has 0 saturated carbocycles. The molecule has 1 unspecified atom stereocenters. The van der Waals surface area contributed by atoms with Crippen LogP contribution in [0, 0.1) is 13.8 Å². The van der Waals surface area contributed by atoms with E-state index in [9.17, 15) is 14.7 Å². The average Bonchev–Trinajstić information content (AvgIpc) is 3.37. The minimum absolute atomic E-state index is 0.0126. The van der Waals surface area contributed by atoms with Crippen LogP contribution in [0.25, 0.3) is 0 Å². The summed E-state index contributed by atoms with van der Waals surface area (Å²) in [5, 5.41) is 18.5. The van der Waals surface area contributed by atoms with Crippen molar-refractivity contribution in [3.05, 3.63) is 62.4 Å². The van der Waals surface area contributed by atoms with Crippen LogP contribution < -0.4 is 4.90 Å². The Hall–Kier alpha value is -2.78. The summed E-state index contributed by atoms with van der Waals surface area (Å²) in [7, 11) is 0. The molecule has 9 heteroatoms. The van der Waals surface area contributed by atoms with Crippen LogP contribution >= 0.6 is 22.7 Å². The van der Waals surface area contributed by atoms with Gasteiger partial charge < -0.3 is 9.52 Å². The summed E-state index contributed by atoms with van der Waals surface area (Å²) < 4.78 is 5.41. The summed E-state index contributed by atoms with van der Waals surface area (Å²) in [4.78, 5) is 28.8. The van der Waals surface area contributed by atoms with E-state index in [1.165, 1.54) is 27.8 Å². The molecule has 1 aliphatic rings. The third kappa shape index (κ3) is 2.56. The van der Waals surface area contributed by atoms with Crippen LogP contribution in [0.5, 0.6) is 0 Å². The third-order valence-electron chi connectivity index (χ3n) is 4.00. The van der Waals surface area contributed by atoms with Gasteiger partial charge in [-0.25, -0.2) is 0 Å². The van der Waals surface area contributed by atoms with Gasteiger partial charge in [-0.05, 0) is 38.1 Å². The van der Waals surface area contributed by atoms with Gasteiger partial charge in [0.05, 0.1) is 5.57 Å². The number of aliphatic hydroxyl groups excluding tert-OH is 1. The smallest absolute Gasteiger partial charge is 0.296 e. The monoisotopic (exact) mass is 387 g/mol. The minimum Gasteiger partial charge on any atom is -0.503 e. The number of hydrogen-bond donors (Lipinski definition) is 1. The second-order valence-corrected chi connectivity index (χ2v) is 7.88. The molecule has 1 N–H and O–H groups in total. The Morgan fingerprint density at radius 3 is 2.65 bits per heavy atom. The van der Waals surface area contributed by atoms with E-state index in [4.69, 9.17) is 4.42 Å². The number of aryl methyl sites for hydroxylation is 2. The summed E-state index contributed by atoms with van der Waals surface area (Å²) in [5.74, 6) is -1.14. The predicted molar refractivity (Wildman–Crippen MR) is 96.6 cm³/mol. The number of amides is 1. The van der Waals surface area contributed by atoms with Gasteiger partial charge in [-0.3, -0.25) is 14.5 Å². The molecule has 7 nitrogen and oxygen atoms in total. The van der Waals surface area contributed by atoms with Gasteiger partial charge in [-0.15, -0.1) is 21.5 Å². The maximum Gasteiger partial charge on any atom is 0.296 e. The van der Waals surface area contributed by atoms with Gasteiger partial charge in [0, 0.05) is 9.75 Å². The zero-order valence-corrected chi connectivity index (χ0v) is 15.4. The minimum atomic E-state index is -0.771. The number of carbonyl (C=O) groups is 2. The third-order valence-corrected chi connectivity index (χ3v) is 5.74. The summed E-state index contributed by atoms with van der Waals surface area (Å²) in [6, 6.07) is 6.16. The molecule has 0 spiro atoms. The van der Waals surface area contributed by atoms with Gasteiger partial charge in [0.15, 0.2) is 11.5 Å². The van der Waals surface area contributed by atoms with E-state index in [1.54, 1.807) is 13.0 Å². The molecule has 0 bridgehead atoms. The summed E-state index contributed by atoms with van der Waals surface area (Å²) >= 11 is 2.61. The summed E-state index contributed by atoms with van der Waals surface area (Å²) in [6.07, 6.45) is 0. The fourth-order valence-corrected chi connectivity index (χ4v) is 4.43. The molecule has 132 valence electrons. The fraction of sp³-hybridized carbons (Fsp3) is 0.176. The van der Waals surface area contributed by atoms with Crippen molar-refractivity contribution in [2.75, 3.05) is 4.90 Å². The zero-order valence-electron chi connectivity index (χ0n) is 13.8. The molecule has 0 radical (unpaired) electrons. The Labute approximate surface area is 156 Å². The molecule has 0 aromatic carbocycles. The first-order chi connectivity index (χ1) is 12.5. The van der Waals surface area contributed by atoms with Crippen LogP contribution in [-0.4, -0.2) is 27.0 Å². The van der Waals surface area contributed by atoms with Crippen LogP contribution in [0.2, 0.25) is 0 Å². The lowest BCUT2D eigenvalue weighted by molar-refractivity contribution is -0.117. The highest BCUT2D eigenvalue weighted by molar-refractivity contribution is 7.13. The molecule has 1 aliphatic heterocycles. The number of ketones is 1. The van der Waals surface area contributed by atoms with E-state index < -0.39 is 23.5 Å². The number of aromatic nitrogens is 2. The van der Waals surface area contributed by atoms with Crippen LogP contribution in [0.4, 0.5) is 5.13 Å². The number of aliphatic hydroxyl groups is 1. The number of hydrogen-bond acceptors (Lipinski definition) is 8. The first kappa shape index (κ1) is 16.7. The van der Waals surface area contributed by atoms with Crippen LogP contribution in [0.15, 0.2) is 45.5 Å². The largest absolute Gasteiger partial charge is 0.503 e. The van der Waals surface area contributed by atoms with E-state index in [0.29, 0.717) is 10.9 Å². The van der Waals surface area contributed by atoms with Crippen molar-refractivity contribution in [2.24, 2.45) is 0 Å². The van der Waals surface area contributed by atoms with Gasteiger partial charge in [0.25, 0.3) is 5.91 Å². The molecule has 26 heavy (non-hydrogen) atoms. The number of thiophene rings is 1. The lowest BCUT2D eigenvalue weighted by Gasteiger charge is -2.22. The van der Waals surface area contributed by atoms with E-state index in [0.717, 1.165) is 21.1 Å². The highest BCUT2D eigenvalue weighted by Crippen LogP contribution is 2.44. The zero-order chi connectivity index (χ0) is 18.4. The van der Waals surface area contributed by atoms with Gasteiger partial charge in [-0.1, -0.05) is 11.3 Å². The first-order valence-corrected chi connectivity index (χ1v) is 9.37. The van der Waals surface area contributed by atoms with Crippen molar-refractivity contribution in [3.8, 4) is 0 Å². The Morgan fingerprint density at radius 2 is 2.08 bits per heavy atom. The number of anilines is 1. The van der Waals surface area contributed by atoms with Crippen molar-refractivity contribution in [3.63, 3.8) is 0 Å². The van der Waals surface area contributed by atoms with Crippen molar-refractivity contribution >= 4 is 39.5 Å². The molecular weight excluding hydrogens is 374 g/mol. The molecule has 0 aliphatic carbocycles. The molecule has 1 atom stereocenters. The molecule has 4 heterocycles. The summed E-state index contributed by atoms with van der Waals surface area (Å²) in [5.41, 5.74) is 1.48. The van der Waals surface area contributed by atoms with E-state index >= 15 is 0 Å². The van der Waals surface area contributed by atoms with Gasteiger partial charge in [0.2, 0.25) is 10.9 Å². The maximum absolute atomic E-state index is 13.0. The van der Waals surface area contributed by atoms with E-state index in [-0.39, 0.29) is 11.3 Å². The Bertz CT molecular complexity index is 1030. The number of rotatable bonds is 4. The lowest BCUT2D eigenvalue weighted by atomic mass is 10.0. The highest BCUT2D eigenvalue weighted by atomic mass is 32.1. The molecule has 3 aromatic heterocycles. The second-order valence-electron chi connectivity index (χ2n) is 5.75. The fourth-order valence-electron chi connectivity index (χ4n) is 2.87. The van der Waals surface area contributed by atoms with Crippen LogP contribution in [0.1, 0.15) is 32.1 Å². The molecule has 4 rings (SSSR count). The topological polar surface area (TPSA) is 96.5 Å². The Morgan fingerprint density at radius 1 is 1.27 bits per heavy atom. The standard InChI is InChI=1S/C17H13N3O4S2/c1-8-3-5-10(24-8)14(21)12-13(11-6-4-9(2)26-11)20(16(23)15(12)22)17-19-18-7-25-17/h3-7,13,22H,1-2H3. The molecule has 1 amide bonds. The number of Topliss-reactive ketones (excluding diaryl/α,β-unsaturated/α-hetero) is 1. The van der Waals surface area contributed by atoms with Crippen molar-refractivity contribution in [1.29, 1.82) is 0 Å². The SMILES string of the molecule is Cc1ccc(C(=O)C2=C(O)C(=O)N(c3nncs3)C2c2ccc(C)s2)o1. The van der Waals surface area contributed by atoms with E-state index in [2.05, 4.69) is 10.2 Å². The van der Waals surface area contributed by atoms with Crippen LogP contribution in [0.3, 0.4) is 0 Å². The highest BCUT2D eigenvalue weighted by Gasteiger charge is 2.47. The maximum atomic E-state index is 13.0. The van der Waals surface area contributed by atoms with Crippen molar-refractivity contribution < 1.29 is 19.1 Å². The number of nitrogens with zero attached hydrogens (tertiary/aromatic N) is 3. The van der Waals surface area contributed by atoms with Gasteiger partial charge in [-0.2, -0.15) is 0 Å². The molecule has 3 aromatic rings.